The number of carbonyl (C=O) groups excluding carboxylic acids is 4. The number of fused-ring (bicyclic) bond motifs is 3. The van der Waals surface area contributed by atoms with Gasteiger partial charge < -0.3 is 20.1 Å². The lowest BCUT2D eigenvalue weighted by Gasteiger charge is -2.64. The molecule has 4 fully saturated rings. The third-order valence-electron chi connectivity index (χ3n) is 8.85. The lowest BCUT2D eigenvalue weighted by Crippen LogP contribution is -2.73. The van der Waals surface area contributed by atoms with Crippen LogP contribution < -0.4 is 5.32 Å². The minimum absolute atomic E-state index is 0.0139. The molecular weight excluding hydrogens is 436 g/mol. The highest BCUT2D eigenvalue weighted by Gasteiger charge is 2.58. The second kappa shape index (κ2) is 7.61. The summed E-state index contributed by atoms with van der Waals surface area (Å²) >= 11 is 0. The Morgan fingerprint density at radius 2 is 1.82 bits per heavy atom. The fourth-order valence-corrected chi connectivity index (χ4v) is 7.68. The molecule has 180 valence electrons. The van der Waals surface area contributed by atoms with Crippen molar-refractivity contribution in [2.24, 2.45) is 11.8 Å². The predicted octanol–water partition coefficient (Wildman–Crippen LogP) is 2.12. The van der Waals surface area contributed by atoms with E-state index in [9.17, 15) is 24.4 Å². The molecule has 4 saturated heterocycles. The molecule has 2 unspecified atom stereocenters. The minimum atomic E-state index is -0.843. The summed E-state index contributed by atoms with van der Waals surface area (Å²) in [5.74, 6) is -1.14. The van der Waals surface area contributed by atoms with Crippen LogP contribution in [-0.2, 0) is 9.59 Å². The first-order valence-electron chi connectivity index (χ1n) is 12.5. The van der Waals surface area contributed by atoms with Crippen molar-refractivity contribution < 1.29 is 23.8 Å². The summed E-state index contributed by atoms with van der Waals surface area (Å²) in [5.41, 5.74) is 0.670. The van der Waals surface area contributed by atoms with Crippen LogP contribution in [0.3, 0.4) is 0 Å². The fourth-order valence-electron chi connectivity index (χ4n) is 7.68. The average Bonchev–Trinajstić information content (AvgIpc) is 3.05. The molecule has 0 spiro atoms. The smallest absolute Gasteiger partial charge is 0.264 e. The summed E-state index contributed by atoms with van der Waals surface area (Å²) in [4.78, 5) is 55.1. The topological polar surface area (TPSA) is 110 Å². The summed E-state index contributed by atoms with van der Waals surface area (Å²) < 4.78 is -0.0956. The molecule has 4 amide bonds. The first-order chi connectivity index (χ1) is 16.3. The van der Waals surface area contributed by atoms with Crippen LogP contribution in [0.2, 0.25) is 0 Å². The number of rotatable bonds is 2. The van der Waals surface area contributed by atoms with E-state index in [1.165, 1.54) is 6.92 Å². The molecule has 0 aliphatic carbocycles. The van der Waals surface area contributed by atoms with Crippen LogP contribution in [0.1, 0.15) is 66.2 Å². The Kier molecular flexibility index (Phi) is 4.87. The molecule has 0 radical (unpaired) electrons. The van der Waals surface area contributed by atoms with E-state index < -0.39 is 17.9 Å². The maximum absolute atomic E-state index is 13.8. The van der Waals surface area contributed by atoms with Crippen molar-refractivity contribution in [3.05, 3.63) is 34.5 Å². The van der Waals surface area contributed by atoms with Crippen LogP contribution in [0, 0.1) is 17.0 Å². The summed E-state index contributed by atoms with van der Waals surface area (Å²) in [6.07, 6.45) is 4.80. The molecule has 9 nitrogen and oxygen atoms in total. The Bertz CT molecular complexity index is 1100. The number of piperidine rings is 4. The number of hydrogen-bond acceptors (Lipinski definition) is 5. The van der Waals surface area contributed by atoms with E-state index in [0.717, 1.165) is 30.6 Å². The zero-order chi connectivity index (χ0) is 23.8. The molecule has 6 rings (SSSR count). The Morgan fingerprint density at radius 3 is 2.59 bits per heavy atom. The third-order valence-corrected chi connectivity index (χ3v) is 8.85. The Balaban J connectivity index is 1.29. The number of imide groups is 1. The number of anilines is 1. The predicted molar refractivity (Wildman–Crippen MR) is 122 cm³/mol. The number of amides is 4. The lowest BCUT2D eigenvalue weighted by atomic mass is 9.67. The van der Waals surface area contributed by atoms with Crippen molar-refractivity contribution in [2.75, 3.05) is 25.0 Å². The number of nitrogens with zero attached hydrogens (tertiary/aromatic N) is 3. The second-order valence-electron chi connectivity index (χ2n) is 10.6. The highest BCUT2D eigenvalue weighted by atomic mass is 16.5. The number of carbonyl (C=O) groups is 4. The van der Waals surface area contributed by atoms with Crippen LogP contribution in [0.15, 0.2) is 18.2 Å². The molecule has 5 aliphatic rings. The van der Waals surface area contributed by atoms with Gasteiger partial charge in [0.15, 0.2) is 0 Å². The highest BCUT2D eigenvalue weighted by molar-refractivity contribution is 6.25. The van der Waals surface area contributed by atoms with Crippen LogP contribution in [-0.4, -0.2) is 75.8 Å². The van der Waals surface area contributed by atoms with E-state index in [-0.39, 0.29) is 51.5 Å². The molecule has 0 saturated carbocycles. The largest absolute Gasteiger partial charge is 0.633 e. The van der Waals surface area contributed by atoms with Gasteiger partial charge in [-0.05, 0) is 50.7 Å². The molecule has 1 aromatic carbocycles. The first kappa shape index (κ1) is 21.7. The van der Waals surface area contributed by atoms with Gasteiger partial charge in [-0.15, -0.1) is 0 Å². The zero-order valence-electron chi connectivity index (χ0n) is 19.4. The number of hydroxylamine groups is 3. The Hall–Kier alpha value is -2.78. The van der Waals surface area contributed by atoms with Gasteiger partial charge in [0.1, 0.15) is 6.04 Å². The lowest BCUT2D eigenvalue weighted by molar-refractivity contribution is -0.925. The molecular formula is C25H30N4O5. The summed E-state index contributed by atoms with van der Waals surface area (Å²) in [6, 6.07) is 4.04. The van der Waals surface area contributed by atoms with Gasteiger partial charge in [-0.3, -0.25) is 24.1 Å². The van der Waals surface area contributed by atoms with Crippen molar-refractivity contribution in [3.63, 3.8) is 0 Å². The quantitative estimate of drug-likeness (QED) is 0.408. The molecule has 9 heteroatoms. The van der Waals surface area contributed by atoms with Gasteiger partial charge in [0.05, 0.1) is 35.9 Å². The van der Waals surface area contributed by atoms with Gasteiger partial charge in [-0.25, -0.2) is 0 Å². The standard InChI is InChI=1S/C25H30N4O5/c1-14(30)26-18-8-2-6-17-21(18)25(33)28(23(17)31)20-10-9-19-16-7-4-12-29(34)11-3-5-15(22(16)29)13-27(19)24(20)32/h2,6,8,15-16,19-20,22H,3-5,7,9-13H2,1H3,(H,26,30)/t15-,16+,19+,20?,22-,29?/m0/s1. The maximum Gasteiger partial charge on any atom is 0.264 e. The van der Waals surface area contributed by atoms with Crippen molar-refractivity contribution in [1.82, 2.24) is 9.80 Å². The minimum Gasteiger partial charge on any atom is -0.633 e. The van der Waals surface area contributed by atoms with Gasteiger partial charge in [-0.2, -0.15) is 0 Å². The third kappa shape index (κ3) is 2.99. The molecule has 1 aromatic rings. The molecule has 5 aliphatic heterocycles. The second-order valence-corrected chi connectivity index (χ2v) is 10.6. The van der Waals surface area contributed by atoms with Gasteiger partial charge in [0.25, 0.3) is 11.8 Å². The summed E-state index contributed by atoms with van der Waals surface area (Å²) in [5, 5.41) is 16.2. The number of benzene rings is 1. The number of hydrogen-bond donors (Lipinski definition) is 1. The van der Waals surface area contributed by atoms with Crippen LogP contribution in [0.4, 0.5) is 5.69 Å². The molecule has 34 heavy (non-hydrogen) atoms. The zero-order valence-corrected chi connectivity index (χ0v) is 19.4. The first-order valence-corrected chi connectivity index (χ1v) is 12.5. The van der Waals surface area contributed by atoms with Crippen LogP contribution >= 0.6 is 0 Å². The molecule has 6 atom stereocenters. The van der Waals surface area contributed by atoms with Gasteiger partial charge in [-0.1, -0.05) is 6.07 Å². The number of nitrogens with one attached hydrogen (secondary N) is 1. The van der Waals surface area contributed by atoms with E-state index in [2.05, 4.69) is 5.32 Å². The molecule has 0 bridgehead atoms. The van der Waals surface area contributed by atoms with Crippen molar-refractivity contribution >= 4 is 29.3 Å². The van der Waals surface area contributed by atoms with Crippen molar-refractivity contribution in [3.8, 4) is 0 Å². The number of quaternary nitrogens is 1. The van der Waals surface area contributed by atoms with E-state index in [1.54, 1.807) is 18.2 Å². The van der Waals surface area contributed by atoms with E-state index in [1.807, 2.05) is 4.90 Å². The molecule has 1 N–H and O–H groups in total. The fraction of sp³-hybridized carbons (Fsp3) is 0.600. The average molecular weight is 467 g/mol. The van der Waals surface area contributed by atoms with E-state index in [0.29, 0.717) is 38.2 Å². The SMILES string of the molecule is CC(=O)Nc1cccc2c1C(=O)N(C1CC[C@@H]3[C@H]4CCC[N+]5([O-])CCC[C@@H](CN3C1=O)[C@@H]45)C2=O. The van der Waals surface area contributed by atoms with Crippen LogP contribution in [0.25, 0.3) is 0 Å². The van der Waals surface area contributed by atoms with Gasteiger partial charge in [0.2, 0.25) is 11.8 Å². The Labute approximate surface area is 198 Å². The van der Waals surface area contributed by atoms with E-state index in [4.69, 9.17) is 0 Å². The molecule has 0 aromatic heterocycles. The van der Waals surface area contributed by atoms with Crippen molar-refractivity contribution in [2.45, 2.75) is 63.6 Å². The maximum atomic E-state index is 13.8. The summed E-state index contributed by atoms with van der Waals surface area (Å²) in [6.45, 7) is 3.27. The van der Waals surface area contributed by atoms with Crippen LogP contribution in [0.5, 0.6) is 0 Å². The van der Waals surface area contributed by atoms with Gasteiger partial charge in [0, 0.05) is 31.3 Å². The van der Waals surface area contributed by atoms with E-state index >= 15 is 0 Å². The highest BCUT2D eigenvalue weighted by Crippen LogP contribution is 2.48. The summed E-state index contributed by atoms with van der Waals surface area (Å²) in [7, 11) is 0. The van der Waals surface area contributed by atoms with Crippen molar-refractivity contribution in [1.29, 1.82) is 0 Å². The normalized spacial score (nSPS) is 36.6. The molecule has 5 heterocycles. The Morgan fingerprint density at radius 1 is 1.06 bits per heavy atom. The van der Waals surface area contributed by atoms with Gasteiger partial charge >= 0.3 is 0 Å². The monoisotopic (exact) mass is 466 g/mol.